The van der Waals surface area contributed by atoms with Gasteiger partial charge in [0.15, 0.2) is 11.5 Å². The number of aryl methyl sites for hydroxylation is 2. The summed E-state index contributed by atoms with van der Waals surface area (Å²) in [6.45, 7) is 4.63. The van der Waals surface area contributed by atoms with Crippen LogP contribution in [0.15, 0.2) is 66.4 Å². The van der Waals surface area contributed by atoms with E-state index in [1.54, 1.807) is 25.3 Å². The van der Waals surface area contributed by atoms with E-state index in [0.717, 1.165) is 28.8 Å². The van der Waals surface area contributed by atoms with E-state index < -0.39 is 0 Å². The average Bonchev–Trinajstić information content (AvgIpc) is 3.36. The van der Waals surface area contributed by atoms with Crippen molar-refractivity contribution in [2.75, 3.05) is 30.6 Å². The van der Waals surface area contributed by atoms with Gasteiger partial charge in [-0.3, -0.25) is 9.59 Å². The van der Waals surface area contributed by atoms with Gasteiger partial charge in [0.05, 0.1) is 25.5 Å². The summed E-state index contributed by atoms with van der Waals surface area (Å²) in [5.74, 6) is 0.294. The first-order valence-electron chi connectivity index (χ1n) is 11.2. The van der Waals surface area contributed by atoms with Gasteiger partial charge in [-0.25, -0.2) is 4.90 Å². The van der Waals surface area contributed by atoms with Crippen LogP contribution in [0.1, 0.15) is 22.3 Å². The molecule has 0 aliphatic carbocycles. The Bertz CT molecular complexity index is 1360. The van der Waals surface area contributed by atoms with Crippen molar-refractivity contribution in [1.82, 2.24) is 0 Å². The molecule has 2 aliphatic heterocycles. The number of carbonyl (C=O) groups excluding carboxylic acids is 2. The highest BCUT2D eigenvalue weighted by atomic mass is 16.5. The number of hydrogen-bond donors (Lipinski definition) is 0. The predicted molar refractivity (Wildman–Crippen MR) is 132 cm³/mol. The van der Waals surface area contributed by atoms with Crippen molar-refractivity contribution >= 4 is 28.8 Å². The molecule has 0 bridgehead atoms. The van der Waals surface area contributed by atoms with E-state index in [-0.39, 0.29) is 11.8 Å². The number of benzene rings is 3. The molecule has 0 saturated carbocycles. The van der Waals surface area contributed by atoms with Gasteiger partial charge >= 0.3 is 0 Å². The highest BCUT2D eigenvalue weighted by molar-refractivity contribution is 6.46. The first-order valence-corrected chi connectivity index (χ1v) is 11.2. The van der Waals surface area contributed by atoms with Crippen molar-refractivity contribution in [3.05, 3.63) is 88.6 Å². The number of nitrogens with zero attached hydrogens (tertiary/aromatic N) is 2. The molecule has 3 aromatic carbocycles. The van der Waals surface area contributed by atoms with Crippen molar-refractivity contribution in [1.29, 1.82) is 0 Å². The number of para-hydroxylation sites is 1. The molecule has 0 radical (unpaired) electrons. The van der Waals surface area contributed by atoms with Crippen molar-refractivity contribution in [2.45, 2.75) is 20.3 Å². The molecule has 0 unspecified atom stereocenters. The lowest BCUT2D eigenvalue weighted by Crippen LogP contribution is -2.34. The Morgan fingerprint density at radius 2 is 1.59 bits per heavy atom. The third-order valence-electron chi connectivity index (χ3n) is 6.49. The lowest BCUT2D eigenvalue weighted by molar-refractivity contribution is -0.120. The number of fused-ring (bicyclic) bond motifs is 1. The van der Waals surface area contributed by atoms with Crippen LogP contribution in [0.2, 0.25) is 0 Å². The number of amides is 2. The molecule has 2 amide bonds. The Morgan fingerprint density at radius 3 is 2.32 bits per heavy atom. The Hall–Kier alpha value is -4.06. The molecule has 5 rings (SSSR count). The number of rotatable bonds is 5. The van der Waals surface area contributed by atoms with E-state index in [1.807, 2.05) is 55.1 Å². The number of imide groups is 1. The van der Waals surface area contributed by atoms with Gasteiger partial charge in [-0.2, -0.15) is 0 Å². The standard InChI is InChI=1S/C28H26N2O4/c1-17-9-11-21(18(2)15-17)25-26(29-14-13-19-7-5-6-8-22(19)29)28(32)30(27(25)31)20-10-12-23(33-3)24(16-20)34-4/h5-12,15-16H,13-14H2,1-4H3. The monoisotopic (exact) mass is 454 g/mol. The highest BCUT2D eigenvalue weighted by Gasteiger charge is 2.44. The first-order chi connectivity index (χ1) is 16.4. The lowest BCUT2D eigenvalue weighted by atomic mass is 9.97. The van der Waals surface area contributed by atoms with Crippen molar-refractivity contribution < 1.29 is 19.1 Å². The topological polar surface area (TPSA) is 59.1 Å². The molecule has 34 heavy (non-hydrogen) atoms. The van der Waals surface area contributed by atoms with E-state index in [1.165, 1.54) is 17.6 Å². The summed E-state index contributed by atoms with van der Waals surface area (Å²) in [4.78, 5) is 31.1. The van der Waals surface area contributed by atoms with Crippen LogP contribution in [0.3, 0.4) is 0 Å². The maximum atomic E-state index is 14.0. The second kappa shape index (κ2) is 8.37. The summed E-state index contributed by atoms with van der Waals surface area (Å²) < 4.78 is 10.8. The van der Waals surface area contributed by atoms with E-state index in [0.29, 0.717) is 35.0 Å². The molecule has 0 saturated heterocycles. The highest BCUT2D eigenvalue weighted by Crippen LogP contribution is 2.42. The fraction of sp³-hybridized carbons (Fsp3) is 0.214. The van der Waals surface area contributed by atoms with Crippen LogP contribution in [0.25, 0.3) is 5.57 Å². The summed E-state index contributed by atoms with van der Waals surface area (Å²) >= 11 is 0. The SMILES string of the molecule is COc1ccc(N2C(=O)C(c3ccc(C)cc3C)=C(N3CCc4ccccc43)C2=O)cc1OC. The summed E-state index contributed by atoms with van der Waals surface area (Å²) in [6.07, 6.45) is 0.817. The van der Waals surface area contributed by atoms with Crippen LogP contribution in [0, 0.1) is 13.8 Å². The molecule has 0 fully saturated rings. The zero-order chi connectivity index (χ0) is 24.0. The minimum Gasteiger partial charge on any atom is -0.493 e. The van der Waals surface area contributed by atoms with E-state index in [2.05, 4.69) is 6.07 Å². The van der Waals surface area contributed by atoms with Gasteiger partial charge in [0.25, 0.3) is 11.8 Å². The summed E-state index contributed by atoms with van der Waals surface area (Å²) in [7, 11) is 3.08. The minimum atomic E-state index is -0.344. The molecule has 0 spiro atoms. The number of carbonyl (C=O) groups is 2. The Labute approximate surface area is 199 Å². The fourth-order valence-electron chi connectivity index (χ4n) is 4.87. The molecule has 172 valence electrons. The van der Waals surface area contributed by atoms with Crippen LogP contribution in [0.4, 0.5) is 11.4 Å². The van der Waals surface area contributed by atoms with Gasteiger partial charge in [0, 0.05) is 18.3 Å². The fourth-order valence-corrected chi connectivity index (χ4v) is 4.87. The maximum Gasteiger partial charge on any atom is 0.282 e. The van der Waals surface area contributed by atoms with Gasteiger partial charge in [-0.15, -0.1) is 0 Å². The van der Waals surface area contributed by atoms with Gasteiger partial charge < -0.3 is 14.4 Å². The number of methoxy groups -OCH3 is 2. The third kappa shape index (κ3) is 3.34. The molecule has 2 aliphatic rings. The molecule has 6 heteroatoms. The van der Waals surface area contributed by atoms with Crippen LogP contribution < -0.4 is 19.3 Å². The van der Waals surface area contributed by atoms with Gasteiger partial charge in [0.2, 0.25) is 0 Å². The second-order valence-corrected chi connectivity index (χ2v) is 8.56. The quantitative estimate of drug-likeness (QED) is 0.525. The first kappa shape index (κ1) is 21.8. The zero-order valence-electron chi connectivity index (χ0n) is 19.7. The molecule has 2 heterocycles. The molecular formula is C28H26N2O4. The average molecular weight is 455 g/mol. The molecular weight excluding hydrogens is 428 g/mol. The Morgan fingerprint density at radius 1 is 0.824 bits per heavy atom. The molecule has 6 nitrogen and oxygen atoms in total. The Balaban J connectivity index is 1.69. The second-order valence-electron chi connectivity index (χ2n) is 8.56. The van der Waals surface area contributed by atoms with Gasteiger partial charge in [-0.05, 0) is 55.2 Å². The summed E-state index contributed by atoms with van der Waals surface area (Å²) in [5.41, 5.74) is 6.24. The lowest BCUT2D eigenvalue weighted by Gasteiger charge is -2.22. The van der Waals surface area contributed by atoms with Gasteiger partial charge in [-0.1, -0.05) is 42.0 Å². The molecule has 0 atom stereocenters. The Kier molecular flexibility index (Phi) is 5.36. The number of ether oxygens (including phenoxy) is 2. The smallest absolute Gasteiger partial charge is 0.282 e. The van der Waals surface area contributed by atoms with Crippen LogP contribution in [-0.2, 0) is 16.0 Å². The van der Waals surface area contributed by atoms with E-state index >= 15 is 0 Å². The third-order valence-corrected chi connectivity index (χ3v) is 6.49. The minimum absolute atomic E-state index is 0.344. The van der Waals surface area contributed by atoms with E-state index in [9.17, 15) is 9.59 Å². The number of anilines is 2. The summed E-state index contributed by atoms with van der Waals surface area (Å²) in [6, 6.07) is 19.1. The van der Waals surface area contributed by atoms with Crippen LogP contribution >= 0.6 is 0 Å². The van der Waals surface area contributed by atoms with E-state index in [4.69, 9.17) is 9.47 Å². The van der Waals surface area contributed by atoms with Crippen molar-refractivity contribution in [3.8, 4) is 11.5 Å². The molecule has 0 N–H and O–H groups in total. The van der Waals surface area contributed by atoms with Crippen LogP contribution in [0.5, 0.6) is 11.5 Å². The molecule has 0 aromatic heterocycles. The predicted octanol–water partition coefficient (Wildman–Crippen LogP) is 4.67. The van der Waals surface area contributed by atoms with Gasteiger partial charge in [0.1, 0.15) is 5.70 Å². The largest absolute Gasteiger partial charge is 0.493 e. The number of hydrogen-bond acceptors (Lipinski definition) is 5. The molecule has 3 aromatic rings. The summed E-state index contributed by atoms with van der Waals surface area (Å²) in [5, 5.41) is 0. The zero-order valence-corrected chi connectivity index (χ0v) is 19.7. The maximum absolute atomic E-state index is 14.0. The van der Waals surface area contributed by atoms with Crippen molar-refractivity contribution in [2.24, 2.45) is 0 Å². The van der Waals surface area contributed by atoms with Crippen molar-refractivity contribution in [3.63, 3.8) is 0 Å². The normalized spacial score (nSPS) is 15.3. The van der Waals surface area contributed by atoms with Crippen LogP contribution in [-0.4, -0.2) is 32.6 Å².